The summed E-state index contributed by atoms with van der Waals surface area (Å²) in [5.74, 6) is -1.27. The lowest BCUT2D eigenvalue weighted by Gasteiger charge is -2.30. The standard InChI is InChI=1S/C32H41NO8/c1-4-5-6-7-8-9-10-11-23-12-14-24(15-13-23)30(34)27-20-29(40-22(2)3)41-28(31(27)35)21-39-32(36)25-16-18-26(19-17-25)33(37)38/h12-20,22,28-30,34H,4-11,21H2,1-3H3/t28-,29+,30-/m1/s1. The molecule has 1 aliphatic rings. The van der Waals surface area contributed by atoms with E-state index in [-0.39, 0.29) is 22.9 Å². The highest BCUT2D eigenvalue weighted by atomic mass is 16.7. The summed E-state index contributed by atoms with van der Waals surface area (Å²) in [6.07, 6.45) is 7.59. The van der Waals surface area contributed by atoms with Crippen molar-refractivity contribution in [2.24, 2.45) is 0 Å². The lowest BCUT2D eigenvalue weighted by atomic mass is 9.92. The van der Waals surface area contributed by atoms with Crippen LogP contribution in [0.15, 0.2) is 60.2 Å². The van der Waals surface area contributed by atoms with E-state index in [0.717, 1.165) is 12.8 Å². The molecule has 0 aromatic heterocycles. The lowest BCUT2D eigenvalue weighted by molar-refractivity contribution is -0.384. The van der Waals surface area contributed by atoms with Gasteiger partial charge >= 0.3 is 5.97 Å². The van der Waals surface area contributed by atoms with Gasteiger partial charge in [0.2, 0.25) is 0 Å². The molecule has 0 unspecified atom stereocenters. The molecule has 3 atom stereocenters. The first-order chi connectivity index (χ1) is 19.7. The molecule has 3 rings (SSSR count). The third-order valence-electron chi connectivity index (χ3n) is 6.94. The molecule has 9 nitrogen and oxygen atoms in total. The molecule has 0 saturated heterocycles. The smallest absolute Gasteiger partial charge is 0.338 e. The number of esters is 1. The molecule has 2 aromatic rings. The minimum Gasteiger partial charge on any atom is -0.459 e. The second-order valence-corrected chi connectivity index (χ2v) is 10.6. The molecule has 0 radical (unpaired) electrons. The Balaban J connectivity index is 1.62. The van der Waals surface area contributed by atoms with Crippen molar-refractivity contribution in [1.82, 2.24) is 0 Å². The Morgan fingerprint density at radius 2 is 1.63 bits per heavy atom. The third kappa shape index (κ3) is 9.88. The number of Topliss-reactive ketones (excluding diaryl/α,β-unsaturated/α-hetero) is 1. The molecule has 0 amide bonds. The number of carbonyl (C=O) groups is 2. The van der Waals surface area contributed by atoms with Gasteiger partial charge in [0.25, 0.3) is 5.69 Å². The molecule has 222 valence electrons. The minimum atomic E-state index is -1.20. The zero-order valence-corrected chi connectivity index (χ0v) is 24.1. The van der Waals surface area contributed by atoms with Gasteiger partial charge in [0.15, 0.2) is 18.2 Å². The van der Waals surface area contributed by atoms with Gasteiger partial charge in [-0.15, -0.1) is 0 Å². The second-order valence-electron chi connectivity index (χ2n) is 10.6. The number of ketones is 1. The molecule has 1 aliphatic heterocycles. The fourth-order valence-corrected chi connectivity index (χ4v) is 4.64. The summed E-state index contributed by atoms with van der Waals surface area (Å²) in [4.78, 5) is 36.1. The van der Waals surface area contributed by atoms with Gasteiger partial charge in [-0.1, -0.05) is 69.7 Å². The summed E-state index contributed by atoms with van der Waals surface area (Å²) >= 11 is 0. The summed E-state index contributed by atoms with van der Waals surface area (Å²) in [5.41, 5.74) is 1.80. The first-order valence-electron chi connectivity index (χ1n) is 14.4. The maximum Gasteiger partial charge on any atom is 0.338 e. The zero-order valence-electron chi connectivity index (χ0n) is 24.1. The number of nitrogens with zero attached hydrogens (tertiary/aromatic N) is 1. The molecule has 0 fully saturated rings. The lowest BCUT2D eigenvalue weighted by Crippen LogP contribution is -2.41. The van der Waals surface area contributed by atoms with Crippen LogP contribution in [-0.4, -0.2) is 46.9 Å². The quantitative estimate of drug-likeness (QED) is 0.107. The van der Waals surface area contributed by atoms with Crippen LogP contribution >= 0.6 is 0 Å². The summed E-state index contributed by atoms with van der Waals surface area (Å²) in [7, 11) is 0. The maximum absolute atomic E-state index is 13.3. The largest absolute Gasteiger partial charge is 0.459 e. The Hall–Kier alpha value is -3.40. The topological polar surface area (TPSA) is 125 Å². The normalized spacial score (nSPS) is 17.8. The van der Waals surface area contributed by atoms with Crippen LogP contribution in [0.2, 0.25) is 0 Å². The highest BCUT2D eigenvalue weighted by molar-refractivity contribution is 6.01. The average molecular weight is 568 g/mol. The van der Waals surface area contributed by atoms with E-state index in [1.165, 1.54) is 74.4 Å². The number of ether oxygens (including phenoxy) is 3. The summed E-state index contributed by atoms with van der Waals surface area (Å²) in [6, 6.07) is 12.6. The third-order valence-corrected chi connectivity index (χ3v) is 6.94. The number of hydrogen-bond acceptors (Lipinski definition) is 8. The van der Waals surface area contributed by atoms with Crippen LogP contribution in [0.3, 0.4) is 0 Å². The van der Waals surface area contributed by atoms with E-state index in [4.69, 9.17) is 14.2 Å². The fraction of sp³-hybridized carbons (Fsp3) is 0.500. The highest BCUT2D eigenvalue weighted by Crippen LogP contribution is 2.30. The Morgan fingerprint density at radius 1 is 1.00 bits per heavy atom. The van der Waals surface area contributed by atoms with Crippen molar-refractivity contribution in [2.45, 2.75) is 96.7 Å². The average Bonchev–Trinajstić information content (AvgIpc) is 2.96. The first-order valence-corrected chi connectivity index (χ1v) is 14.4. The number of carbonyl (C=O) groups excluding carboxylic acids is 2. The van der Waals surface area contributed by atoms with Gasteiger partial charge in [-0.05, 0) is 56.0 Å². The molecule has 0 spiro atoms. The maximum atomic E-state index is 13.3. The van der Waals surface area contributed by atoms with Crippen molar-refractivity contribution in [1.29, 1.82) is 0 Å². The molecular weight excluding hydrogens is 526 g/mol. The first kappa shape index (κ1) is 32.1. The monoisotopic (exact) mass is 567 g/mol. The Morgan fingerprint density at radius 3 is 2.24 bits per heavy atom. The molecule has 41 heavy (non-hydrogen) atoms. The second kappa shape index (κ2) is 16.1. The van der Waals surface area contributed by atoms with Crippen LogP contribution in [0.25, 0.3) is 0 Å². The number of nitro benzene ring substituents is 1. The number of rotatable bonds is 16. The molecule has 1 N–H and O–H groups in total. The minimum absolute atomic E-state index is 0.0984. The van der Waals surface area contributed by atoms with Crippen LogP contribution in [0.5, 0.6) is 0 Å². The number of benzene rings is 2. The molecule has 9 heteroatoms. The number of unbranched alkanes of at least 4 members (excludes halogenated alkanes) is 6. The fourth-order valence-electron chi connectivity index (χ4n) is 4.64. The number of non-ortho nitro benzene ring substituents is 1. The van der Waals surface area contributed by atoms with E-state index < -0.39 is 41.8 Å². The van der Waals surface area contributed by atoms with Crippen molar-refractivity contribution >= 4 is 17.4 Å². The van der Waals surface area contributed by atoms with Crippen molar-refractivity contribution in [3.63, 3.8) is 0 Å². The number of aliphatic hydroxyl groups is 1. The van der Waals surface area contributed by atoms with Crippen molar-refractivity contribution < 1.29 is 33.8 Å². The number of nitro groups is 1. The molecule has 0 saturated carbocycles. The van der Waals surface area contributed by atoms with Crippen LogP contribution < -0.4 is 0 Å². The van der Waals surface area contributed by atoms with Crippen molar-refractivity contribution in [3.8, 4) is 0 Å². The van der Waals surface area contributed by atoms with E-state index >= 15 is 0 Å². The molecule has 0 bridgehead atoms. The summed E-state index contributed by atoms with van der Waals surface area (Å²) in [6.45, 7) is 5.44. The molecule has 0 aliphatic carbocycles. The number of aliphatic hydroxyl groups excluding tert-OH is 1. The van der Waals surface area contributed by atoms with E-state index in [0.29, 0.717) is 5.56 Å². The zero-order chi connectivity index (χ0) is 29.8. The van der Waals surface area contributed by atoms with Gasteiger partial charge in [0.05, 0.1) is 16.6 Å². The van der Waals surface area contributed by atoms with Gasteiger partial charge < -0.3 is 19.3 Å². The van der Waals surface area contributed by atoms with E-state index in [2.05, 4.69) is 6.92 Å². The van der Waals surface area contributed by atoms with Gasteiger partial charge in [-0.2, -0.15) is 0 Å². The van der Waals surface area contributed by atoms with E-state index in [1.807, 2.05) is 38.1 Å². The van der Waals surface area contributed by atoms with Gasteiger partial charge in [0, 0.05) is 17.7 Å². The predicted octanol–water partition coefficient (Wildman–Crippen LogP) is 6.42. The number of hydrogen-bond donors (Lipinski definition) is 1. The van der Waals surface area contributed by atoms with Crippen molar-refractivity contribution in [3.05, 3.63) is 87.0 Å². The molecule has 1 heterocycles. The van der Waals surface area contributed by atoms with Crippen LogP contribution in [0, 0.1) is 10.1 Å². The molecule has 2 aromatic carbocycles. The van der Waals surface area contributed by atoms with Crippen molar-refractivity contribution in [2.75, 3.05) is 6.61 Å². The van der Waals surface area contributed by atoms with E-state index in [1.54, 1.807) is 0 Å². The Kier molecular flexibility index (Phi) is 12.6. The van der Waals surface area contributed by atoms with E-state index in [9.17, 15) is 24.8 Å². The molecular formula is C32H41NO8. The summed E-state index contributed by atoms with van der Waals surface area (Å²) in [5, 5.41) is 22.0. The van der Waals surface area contributed by atoms with Gasteiger partial charge in [-0.3, -0.25) is 14.9 Å². The summed E-state index contributed by atoms with van der Waals surface area (Å²) < 4.78 is 16.8. The SMILES string of the molecule is CCCCCCCCCc1ccc([C@@H](O)C2=C[C@@H](OC(C)C)O[C@H](COC(=O)c3ccc([N+](=O)[O-])cc3)C2=O)cc1. The number of aryl methyl sites for hydroxylation is 1. The van der Waals surface area contributed by atoms with Gasteiger partial charge in [0.1, 0.15) is 12.7 Å². The Labute approximate surface area is 241 Å². The van der Waals surface area contributed by atoms with Crippen LogP contribution in [0.1, 0.15) is 93.3 Å². The Bertz CT molecular complexity index is 1170. The highest BCUT2D eigenvalue weighted by Gasteiger charge is 2.36. The van der Waals surface area contributed by atoms with Crippen LogP contribution in [0.4, 0.5) is 5.69 Å². The van der Waals surface area contributed by atoms with Crippen LogP contribution in [-0.2, 0) is 25.4 Å². The van der Waals surface area contributed by atoms with Gasteiger partial charge in [-0.25, -0.2) is 4.79 Å². The predicted molar refractivity (Wildman–Crippen MR) is 154 cm³/mol.